The van der Waals surface area contributed by atoms with Crippen LogP contribution in [0.1, 0.15) is 59.8 Å². The Morgan fingerprint density at radius 2 is 1.56 bits per heavy atom. The first kappa shape index (κ1) is 13.8. The SMILES string of the molecule is CC1(C)CC(C#N)(N2CCCCCC2)C(C)(C)O1. The molecular formula is C15H26N2O. The maximum atomic E-state index is 9.86. The third-order valence-corrected chi connectivity index (χ3v) is 4.54. The summed E-state index contributed by atoms with van der Waals surface area (Å²) in [5.41, 5.74) is -1.05. The Morgan fingerprint density at radius 3 is 1.94 bits per heavy atom. The monoisotopic (exact) mass is 250 g/mol. The van der Waals surface area contributed by atoms with Crippen molar-refractivity contribution < 1.29 is 4.74 Å². The van der Waals surface area contributed by atoms with Gasteiger partial charge in [-0.05, 0) is 53.6 Å². The molecule has 0 spiro atoms. The molecule has 0 N–H and O–H groups in total. The van der Waals surface area contributed by atoms with Crippen molar-refractivity contribution in [2.45, 2.75) is 76.5 Å². The molecule has 3 nitrogen and oxygen atoms in total. The molecule has 0 radical (unpaired) electrons. The van der Waals surface area contributed by atoms with Gasteiger partial charge in [0.25, 0.3) is 0 Å². The summed E-state index contributed by atoms with van der Waals surface area (Å²) in [5, 5.41) is 9.86. The van der Waals surface area contributed by atoms with Crippen molar-refractivity contribution >= 4 is 0 Å². The second-order valence-electron chi connectivity index (χ2n) is 6.92. The minimum absolute atomic E-state index is 0.203. The van der Waals surface area contributed by atoms with E-state index in [2.05, 4.69) is 38.7 Å². The number of nitrogens with zero attached hydrogens (tertiary/aromatic N) is 2. The molecule has 18 heavy (non-hydrogen) atoms. The largest absolute Gasteiger partial charge is 0.367 e. The summed E-state index contributed by atoms with van der Waals surface area (Å²) in [7, 11) is 0. The van der Waals surface area contributed by atoms with Crippen molar-refractivity contribution in [2.75, 3.05) is 13.1 Å². The van der Waals surface area contributed by atoms with Crippen LogP contribution in [0.25, 0.3) is 0 Å². The van der Waals surface area contributed by atoms with E-state index in [1.807, 2.05) is 0 Å². The zero-order valence-corrected chi connectivity index (χ0v) is 12.3. The van der Waals surface area contributed by atoms with Crippen LogP contribution in [0.5, 0.6) is 0 Å². The Bertz CT molecular complexity index is 348. The average Bonchev–Trinajstić information content (AvgIpc) is 2.49. The van der Waals surface area contributed by atoms with Gasteiger partial charge in [0.1, 0.15) is 5.54 Å². The van der Waals surface area contributed by atoms with Crippen molar-refractivity contribution in [1.29, 1.82) is 5.26 Å². The summed E-state index contributed by atoms with van der Waals surface area (Å²) in [6, 6.07) is 2.62. The zero-order chi connectivity index (χ0) is 13.4. The van der Waals surface area contributed by atoms with Crippen molar-refractivity contribution in [3.8, 4) is 6.07 Å². The molecule has 0 amide bonds. The molecule has 2 rings (SSSR count). The predicted molar refractivity (Wildman–Crippen MR) is 72.2 cm³/mol. The minimum atomic E-state index is -0.457. The Kier molecular flexibility index (Phi) is 3.46. The van der Waals surface area contributed by atoms with Gasteiger partial charge >= 0.3 is 0 Å². The van der Waals surface area contributed by atoms with Crippen LogP contribution in [0, 0.1) is 11.3 Å². The van der Waals surface area contributed by atoms with E-state index in [1.54, 1.807) is 0 Å². The number of rotatable bonds is 1. The van der Waals surface area contributed by atoms with Gasteiger partial charge in [0, 0.05) is 6.42 Å². The average molecular weight is 250 g/mol. The van der Waals surface area contributed by atoms with E-state index in [4.69, 9.17) is 4.74 Å². The molecule has 0 aromatic rings. The second kappa shape index (κ2) is 4.51. The molecule has 2 saturated heterocycles. The highest BCUT2D eigenvalue weighted by Gasteiger charge is 2.60. The molecule has 3 heteroatoms. The molecule has 1 unspecified atom stereocenters. The van der Waals surface area contributed by atoms with Gasteiger partial charge in [0.05, 0.1) is 17.3 Å². The summed E-state index contributed by atoms with van der Waals surface area (Å²) in [5.74, 6) is 0. The lowest BCUT2D eigenvalue weighted by Crippen LogP contribution is -2.58. The first-order chi connectivity index (χ1) is 8.33. The van der Waals surface area contributed by atoms with Crippen molar-refractivity contribution in [2.24, 2.45) is 0 Å². The van der Waals surface area contributed by atoms with Crippen LogP contribution in [0.15, 0.2) is 0 Å². The van der Waals surface area contributed by atoms with E-state index in [9.17, 15) is 5.26 Å². The summed E-state index contributed by atoms with van der Waals surface area (Å²) in [4.78, 5) is 2.40. The number of hydrogen-bond donors (Lipinski definition) is 0. The standard InChI is InChI=1S/C15H26N2O/c1-13(2)11-15(12-16,14(3,4)18-13)17-9-7-5-6-8-10-17/h5-11H2,1-4H3. The van der Waals surface area contributed by atoms with Crippen LogP contribution >= 0.6 is 0 Å². The van der Waals surface area contributed by atoms with Crippen LogP contribution in [-0.2, 0) is 4.74 Å². The highest BCUT2D eigenvalue weighted by Crippen LogP contribution is 2.48. The number of likely N-dealkylation sites (tertiary alicyclic amines) is 1. The lowest BCUT2D eigenvalue weighted by atomic mass is 9.78. The van der Waals surface area contributed by atoms with Crippen LogP contribution in [0.2, 0.25) is 0 Å². The molecule has 2 aliphatic rings. The molecule has 1 atom stereocenters. The van der Waals surface area contributed by atoms with Crippen molar-refractivity contribution in [3.63, 3.8) is 0 Å². The quantitative estimate of drug-likeness (QED) is 0.717. The lowest BCUT2D eigenvalue weighted by molar-refractivity contribution is -0.0929. The first-order valence-corrected chi connectivity index (χ1v) is 7.20. The van der Waals surface area contributed by atoms with Crippen LogP contribution in [0.4, 0.5) is 0 Å². The van der Waals surface area contributed by atoms with E-state index >= 15 is 0 Å². The third kappa shape index (κ3) is 2.17. The molecule has 0 saturated carbocycles. The van der Waals surface area contributed by atoms with Crippen LogP contribution in [-0.4, -0.2) is 34.7 Å². The smallest absolute Gasteiger partial charge is 0.140 e. The maximum Gasteiger partial charge on any atom is 0.140 e. The summed E-state index contributed by atoms with van der Waals surface area (Å²) in [6.07, 6.45) is 5.81. The van der Waals surface area contributed by atoms with Gasteiger partial charge in [0.15, 0.2) is 0 Å². The summed E-state index contributed by atoms with van der Waals surface area (Å²) >= 11 is 0. The van der Waals surface area contributed by atoms with E-state index in [0.717, 1.165) is 19.5 Å². The van der Waals surface area contributed by atoms with E-state index in [-0.39, 0.29) is 5.60 Å². The van der Waals surface area contributed by atoms with Gasteiger partial charge in [-0.15, -0.1) is 0 Å². The maximum absolute atomic E-state index is 9.86. The van der Waals surface area contributed by atoms with Gasteiger partial charge in [-0.1, -0.05) is 12.8 Å². The van der Waals surface area contributed by atoms with Crippen molar-refractivity contribution in [1.82, 2.24) is 4.90 Å². The third-order valence-electron chi connectivity index (χ3n) is 4.54. The summed E-state index contributed by atoms with van der Waals surface area (Å²) < 4.78 is 6.17. The Labute approximate surface area is 111 Å². The van der Waals surface area contributed by atoms with E-state index in [0.29, 0.717) is 0 Å². The molecular weight excluding hydrogens is 224 g/mol. The molecule has 0 aromatic carbocycles. The molecule has 0 bridgehead atoms. The van der Waals surface area contributed by atoms with Gasteiger partial charge in [0.2, 0.25) is 0 Å². The van der Waals surface area contributed by atoms with Gasteiger partial charge in [-0.3, -0.25) is 4.90 Å². The predicted octanol–water partition coefficient (Wildman–Crippen LogP) is 3.10. The van der Waals surface area contributed by atoms with E-state index < -0.39 is 11.1 Å². The van der Waals surface area contributed by atoms with Gasteiger partial charge < -0.3 is 4.74 Å². The fourth-order valence-corrected chi connectivity index (χ4v) is 3.83. The molecule has 2 heterocycles. The number of ether oxygens (including phenoxy) is 1. The Morgan fingerprint density at radius 1 is 1.00 bits per heavy atom. The highest BCUT2D eigenvalue weighted by molar-refractivity contribution is 5.23. The summed E-state index contributed by atoms with van der Waals surface area (Å²) in [6.45, 7) is 10.4. The van der Waals surface area contributed by atoms with E-state index in [1.165, 1.54) is 25.7 Å². The van der Waals surface area contributed by atoms with Gasteiger partial charge in [-0.2, -0.15) is 5.26 Å². The molecule has 102 valence electrons. The molecule has 2 aliphatic heterocycles. The lowest BCUT2D eigenvalue weighted by Gasteiger charge is -2.42. The topological polar surface area (TPSA) is 36.3 Å². The van der Waals surface area contributed by atoms with Crippen molar-refractivity contribution in [3.05, 3.63) is 0 Å². The second-order valence-corrected chi connectivity index (χ2v) is 6.92. The number of nitriles is 1. The fourth-order valence-electron chi connectivity index (χ4n) is 3.83. The highest BCUT2D eigenvalue weighted by atomic mass is 16.5. The van der Waals surface area contributed by atoms with Crippen LogP contribution < -0.4 is 0 Å². The Balaban J connectivity index is 2.32. The zero-order valence-electron chi connectivity index (χ0n) is 12.3. The first-order valence-electron chi connectivity index (χ1n) is 7.20. The molecule has 0 aliphatic carbocycles. The number of hydrogen-bond acceptors (Lipinski definition) is 3. The minimum Gasteiger partial charge on any atom is -0.367 e. The van der Waals surface area contributed by atoms with Crippen LogP contribution in [0.3, 0.4) is 0 Å². The molecule has 0 aromatic heterocycles. The normalized spacial score (nSPS) is 35.9. The van der Waals surface area contributed by atoms with Gasteiger partial charge in [-0.25, -0.2) is 0 Å². The molecule has 2 fully saturated rings. The fraction of sp³-hybridized carbons (Fsp3) is 0.933. The Hall–Kier alpha value is -0.590.